The van der Waals surface area contributed by atoms with Crippen molar-refractivity contribution in [1.82, 2.24) is 4.98 Å². The maximum absolute atomic E-state index is 11.7. The molecular weight excluding hydrogens is 304 g/mol. The number of nitrogens with zero attached hydrogens (tertiary/aromatic N) is 1. The van der Waals surface area contributed by atoms with Crippen LogP contribution in [-0.4, -0.2) is 33.7 Å². The fourth-order valence-corrected chi connectivity index (χ4v) is 3.28. The van der Waals surface area contributed by atoms with Gasteiger partial charge in [0.2, 0.25) is 0 Å². The second kappa shape index (κ2) is 7.38. The van der Waals surface area contributed by atoms with Crippen LogP contribution < -0.4 is 16.4 Å². The van der Waals surface area contributed by atoms with Crippen LogP contribution in [0.5, 0.6) is 0 Å². The number of primary amides is 1. The molecule has 0 saturated heterocycles. The Labute approximate surface area is 144 Å². The number of aromatic nitrogens is 1. The number of carbonyl (C=O) groups excluding carboxylic acids is 1. The second-order valence-electron chi connectivity index (χ2n) is 7.60. The summed E-state index contributed by atoms with van der Waals surface area (Å²) in [6, 6.07) is 3.98. The lowest BCUT2D eigenvalue weighted by Gasteiger charge is -2.36. The third-order valence-corrected chi connectivity index (χ3v) is 4.66. The van der Waals surface area contributed by atoms with Gasteiger partial charge in [0.25, 0.3) is 5.91 Å². The fourth-order valence-electron chi connectivity index (χ4n) is 3.28. The molecule has 1 heterocycles. The third-order valence-electron chi connectivity index (χ3n) is 4.66. The summed E-state index contributed by atoms with van der Waals surface area (Å²) >= 11 is 0. The Balaban J connectivity index is 2.09. The molecule has 0 atom stereocenters. The molecule has 1 aliphatic carbocycles. The summed E-state index contributed by atoms with van der Waals surface area (Å²) in [6.45, 7) is 7.82. The minimum Gasteiger partial charge on any atom is -0.390 e. The number of pyridine rings is 1. The van der Waals surface area contributed by atoms with Crippen LogP contribution in [0.15, 0.2) is 12.1 Å². The molecule has 1 aromatic rings. The molecule has 6 nitrogen and oxygen atoms in total. The van der Waals surface area contributed by atoms with Crippen molar-refractivity contribution in [3.8, 4) is 0 Å². The Morgan fingerprint density at radius 3 is 2.42 bits per heavy atom. The van der Waals surface area contributed by atoms with E-state index in [-0.39, 0.29) is 12.1 Å². The predicted octanol–water partition coefficient (Wildman–Crippen LogP) is 2.74. The highest BCUT2D eigenvalue weighted by Gasteiger charge is 2.31. The van der Waals surface area contributed by atoms with Crippen molar-refractivity contribution in [2.75, 3.05) is 10.6 Å². The second-order valence-corrected chi connectivity index (χ2v) is 7.60. The topological polar surface area (TPSA) is 100 Å². The minimum atomic E-state index is -0.636. The number of rotatable bonds is 6. The lowest BCUT2D eigenvalue weighted by atomic mass is 9.77. The molecule has 0 radical (unpaired) electrons. The molecule has 0 spiro atoms. The molecule has 134 valence electrons. The number of amides is 1. The lowest BCUT2D eigenvalue weighted by molar-refractivity contribution is -0.000401. The number of anilines is 2. The van der Waals surface area contributed by atoms with Gasteiger partial charge in [-0.15, -0.1) is 0 Å². The molecule has 0 aliphatic heterocycles. The van der Waals surface area contributed by atoms with Gasteiger partial charge in [-0.25, -0.2) is 4.98 Å². The first-order valence-electron chi connectivity index (χ1n) is 8.73. The summed E-state index contributed by atoms with van der Waals surface area (Å²) in [4.78, 5) is 16.2. The maximum Gasteiger partial charge on any atom is 0.252 e. The summed E-state index contributed by atoms with van der Waals surface area (Å²) in [5.74, 6) is 1.10. The molecule has 0 unspecified atom stereocenters. The van der Waals surface area contributed by atoms with Gasteiger partial charge in [0.05, 0.1) is 11.2 Å². The van der Waals surface area contributed by atoms with E-state index in [1.54, 1.807) is 12.1 Å². The zero-order valence-corrected chi connectivity index (χ0v) is 15.1. The van der Waals surface area contributed by atoms with Crippen molar-refractivity contribution in [2.24, 2.45) is 11.7 Å². The van der Waals surface area contributed by atoms with Gasteiger partial charge >= 0.3 is 0 Å². The average Bonchev–Trinajstić information content (AvgIpc) is 2.46. The summed E-state index contributed by atoms with van der Waals surface area (Å²) in [5, 5.41) is 16.8. The molecule has 0 aromatic carbocycles. The third kappa shape index (κ3) is 4.84. The predicted molar refractivity (Wildman–Crippen MR) is 97.2 cm³/mol. The number of aliphatic hydroxyl groups is 1. The molecule has 1 fully saturated rings. The van der Waals surface area contributed by atoms with E-state index in [1.165, 1.54) is 0 Å². The summed E-state index contributed by atoms with van der Waals surface area (Å²) in [7, 11) is 0. The zero-order valence-electron chi connectivity index (χ0n) is 15.1. The van der Waals surface area contributed by atoms with Gasteiger partial charge in [-0.05, 0) is 71.4 Å². The van der Waals surface area contributed by atoms with Crippen LogP contribution >= 0.6 is 0 Å². The van der Waals surface area contributed by atoms with Crippen LogP contribution in [0.1, 0.15) is 63.7 Å². The van der Waals surface area contributed by atoms with Gasteiger partial charge in [0.1, 0.15) is 11.6 Å². The highest BCUT2D eigenvalue weighted by molar-refractivity contribution is 5.97. The van der Waals surface area contributed by atoms with Gasteiger partial charge < -0.3 is 21.5 Å². The number of nitrogens with two attached hydrogens (primary N) is 1. The molecule has 1 amide bonds. The van der Waals surface area contributed by atoms with Crippen molar-refractivity contribution in [3.63, 3.8) is 0 Å². The van der Waals surface area contributed by atoms with Crippen molar-refractivity contribution < 1.29 is 9.90 Å². The van der Waals surface area contributed by atoms with E-state index in [4.69, 9.17) is 5.73 Å². The quantitative estimate of drug-likeness (QED) is 0.641. The van der Waals surface area contributed by atoms with E-state index in [0.717, 1.165) is 31.5 Å². The highest BCUT2D eigenvalue weighted by atomic mass is 16.3. The summed E-state index contributed by atoms with van der Waals surface area (Å²) in [5.41, 5.74) is 5.25. The Kier molecular flexibility index (Phi) is 5.70. The number of nitrogens with one attached hydrogen (secondary N) is 2. The first-order chi connectivity index (χ1) is 11.2. The Morgan fingerprint density at radius 2 is 1.92 bits per heavy atom. The standard InChI is InChI=1S/C18H30N4O2/c1-11(2)20-15-10-9-14(16(19)23)17(22-15)21-13-7-5-12(6-8-13)18(3,4)24/h9-13,24H,5-8H2,1-4H3,(H2,19,23)(H2,20,21,22). The van der Waals surface area contributed by atoms with Crippen LogP contribution in [0.4, 0.5) is 11.6 Å². The molecule has 5 N–H and O–H groups in total. The van der Waals surface area contributed by atoms with Crippen molar-refractivity contribution in [3.05, 3.63) is 17.7 Å². The van der Waals surface area contributed by atoms with Gasteiger partial charge in [-0.1, -0.05) is 0 Å². The molecule has 1 aliphatic rings. The van der Waals surface area contributed by atoms with Gasteiger partial charge in [0.15, 0.2) is 0 Å². The van der Waals surface area contributed by atoms with Crippen LogP contribution in [0, 0.1) is 5.92 Å². The fraction of sp³-hybridized carbons (Fsp3) is 0.667. The Hall–Kier alpha value is -1.82. The molecular formula is C18H30N4O2. The van der Waals surface area contributed by atoms with E-state index < -0.39 is 11.5 Å². The largest absolute Gasteiger partial charge is 0.390 e. The maximum atomic E-state index is 11.7. The summed E-state index contributed by atoms with van der Waals surface area (Å²) in [6.07, 6.45) is 3.79. The highest BCUT2D eigenvalue weighted by Crippen LogP contribution is 2.33. The minimum absolute atomic E-state index is 0.239. The monoisotopic (exact) mass is 334 g/mol. The molecule has 1 saturated carbocycles. The van der Waals surface area contributed by atoms with Gasteiger partial charge in [-0.3, -0.25) is 4.79 Å². The first-order valence-corrected chi connectivity index (χ1v) is 8.73. The van der Waals surface area contributed by atoms with Crippen LogP contribution in [0.25, 0.3) is 0 Å². The number of hydrogen-bond donors (Lipinski definition) is 4. The average molecular weight is 334 g/mol. The normalized spacial score (nSPS) is 21.6. The molecule has 6 heteroatoms. The Bertz CT molecular complexity index is 573. The lowest BCUT2D eigenvalue weighted by Crippen LogP contribution is -2.37. The molecule has 24 heavy (non-hydrogen) atoms. The van der Waals surface area contributed by atoms with Gasteiger partial charge in [-0.2, -0.15) is 0 Å². The van der Waals surface area contributed by atoms with E-state index in [0.29, 0.717) is 17.3 Å². The smallest absolute Gasteiger partial charge is 0.252 e. The van der Waals surface area contributed by atoms with Crippen molar-refractivity contribution in [1.29, 1.82) is 0 Å². The number of hydrogen-bond acceptors (Lipinski definition) is 5. The molecule has 0 bridgehead atoms. The Morgan fingerprint density at radius 1 is 1.29 bits per heavy atom. The van der Waals surface area contributed by atoms with Crippen molar-refractivity contribution in [2.45, 2.75) is 71.1 Å². The van der Waals surface area contributed by atoms with E-state index in [2.05, 4.69) is 15.6 Å². The number of carbonyl (C=O) groups is 1. The van der Waals surface area contributed by atoms with E-state index in [1.807, 2.05) is 27.7 Å². The zero-order chi connectivity index (χ0) is 17.9. The molecule has 2 rings (SSSR count). The van der Waals surface area contributed by atoms with Gasteiger partial charge in [0, 0.05) is 12.1 Å². The van der Waals surface area contributed by atoms with Crippen molar-refractivity contribution >= 4 is 17.5 Å². The SMILES string of the molecule is CC(C)Nc1ccc(C(N)=O)c(NC2CCC(C(C)(C)O)CC2)n1. The van der Waals surface area contributed by atoms with Crippen LogP contribution in [0.3, 0.4) is 0 Å². The van der Waals surface area contributed by atoms with E-state index >= 15 is 0 Å². The van der Waals surface area contributed by atoms with E-state index in [9.17, 15) is 9.90 Å². The molecule has 1 aromatic heterocycles. The van der Waals surface area contributed by atoms with Crippen LogP contribution in [0.2, 0.25) is 0 Å². The first kappa shape index (κ1) is 18.5. The van der Waals surface area contributed by atoms with Crippen LogP contribution in [-0.2, 0) is 0 Å². The summed E-state index contributed by atoms with van der Waals surface area (Å²) < 4.78 is 0.